The predicted octanol–water partition coefficient (Wildman–Crippen LogP) is 1.24. The molecule has 26 heavy (non-hydrogen) atoms. The van der Waals surface area contributed by atoms with Crippen molar-refractivity contribution in [2.45, 2.75) is 6.04 Å². The molecular weight excluding hydrogens is 336 g/mol. The summed E-state index contributed by atoms with van der Waals surface area (Å²) >= 11 is 0. The van der Waals surface area contributed by atoms with Gasteiger partial charge in [0.25, 0.3) is 0 Å². The topological polar surface area (TPSA) is 76.6 Å². The highest BCUT2D eigenvalue weighted by atomic mass is 16.6. The maximum Gasteiger partial charge on any atom is 0.409 e. The van der Waals surface area contributed by atoms with E-state index < -0.39 is 6.09 Å². The Balaban J connectivity index is 1.47. The number of rotatable bonds is 3. The normalized spacial score (nSPS) is 21.6. The highest BCUT2D eigenvalue weighted by Gasteiger charge is 2.31. The number of amides is 2. The van der Waals surface area contributed by atoms with E-state index in [1.807, 2.05) is 25.2 Å². The SMILES string of the molecule is CN1CCN(C(=O)O)[C@H](COC(=O)N2CCN(c3ccccc3)CC2)C1. The molecule has 1 aromatic rings. The van der Waals surface area contributed by atoms with E-state index in [1.54, 1.807) is 4.90 Å². The number of hydrogen-bond acceptors (Lipinski definition) is 5. The summed E-state index contributed by atoms with van der Waals surface area (Å²) in [5, 5.41) is 9.30. The molecule has 8 nitrogen and oxygen atoms in total. The predicted molar refractivity (Wildman–Crippen MR) is 97.6 cm³/mol. The molecule has 0 bridgehead atoms. The quantitative estimate of drug-likeness (QED) is 0.872. The van der Waals surface area contributed by atoms with Crippen molar-refractivity contribution in [1.82, 2.24) is 14.7 Å². The van der Waals surface area contributed by atoms with Crippen LogP contribution in [0.1, 0.15) is 0 Å². The number of anilines is 1. The fourth-order valence-corrected chi connectivity index (χ4v) is 3.45. The van der Waals surface area contributed by atoms with Gasteiger partial charge in [-0.05, 0) is 19.2 Å². The van der Waals surface area contributed by atoms with Crippen LogP contribution in [0.3, 0.4) is 0 Å². The van der Waals surface area contributed by atoms with Crippen LogP contribution in [-0.4, -0.2) is 97.5 Å². The first-order valence-electron chi connectivity index (χ1n) is 8.94. The van der Waals surface area contributed by atoms with Gasteiger partial charge in [0.15, 0.2) is 0 Å². The molecule has 8 heteroatoms. The van der Waals surface area contributed by atoms with Crippen molar-refractivity contribution in [2.75, 3.05) is 64.4 Å². The highest BCUT2D eigenvalue weighted by molar-refractivity contribution is 5.68. The molecule has 3 rings (SSSR count). The summed E-state index contributed by atoms with van der Waals surface area (Å²) in [6.45, 7) is 4.50. The number of carboxylic acid groups (broad SMARTS) is 1. The van der Waals surface area contributed by atoms with Crippen LogP contribution in [0.4, 0.5) is 15.3 Å². The lowest BCUT2D eigenvalue weighted by Crippen LogP contribution is -2.56. The number of carbonyl (C=O) groups excluding carboxylic acids is 1. The van der Waals surface area contributed by atoms with Gasteiger partial charge in [0.2, 0.25) is 0 Å². The highest BCUT2D eigenvalue weighted by Crippen LogP contribution is 2.16. The van der Waals surface area contributed by atoms with Crippen molar-refractivity contribution in [1.29, 1.82) is 0 Å². The number of likely N-dealkylation sites (N-methyl/N-ethyl adjacent to an activating group) is 1. The summed E-state index contributed by atoms with van der Waals surface area (Å²) < 4.78 is 5.43. The van der Waals surface area contributed by atoms with Crippen molar-refractivity contribution in [3.05, 3.63) is 30.3 Å². The van der Waals surface area contributed by atoms with E-state index in [-0.39, 0.29) is 18.7 Å². The summed E-state index contributed by atoms with van der Waals surface area (Å²) in [4.78, 5) is 31.0. The third kappa shape index (κ3) is 4.37. The molecule has 0 unspecified atom stereocenters. The summed E-state index contributed by atoms with van der Waals surface area (Å²) in [5.74, 6) is 0. The molecule has 0 aliphatic carbocycles. The van der Waals surface area contributed by atoms with Gasteiger partial charge in [0.1, 0.15) is 6.61 Å². The summed E-state index contributed by atoms with van der Waals surface area (Å²) in [6, 6.07) is 9.81. The van der Waals surface area contributed by atoms with Crippen LogP contribution in [0.25, 0.3) is 0 Å². The van der Waals surface area contributed by atoms with Gasteiger partial charge in [-0.15, -0.1) is 0 Å². The summed E-state index contributed by atoms with van der Waals surface area (Å²) in [6.07, 6.45) is -1.33. The molecule has 142 valence electrons. The van der Waals surface area contributed by atoms with Gasteiger partial charge in [-0.3, -0.25) is 4.90 Å². The smallest absolute Gasteiger partial charge is 0.409 e. The van der Waals surface area contributed by atoms with Crippen LogP contribution >= 0.6 is 0 Å². The van der Waals surface area contributed by atoms with Gasteiger partial charge in [0.05, 0.1) is 6.04 Å². The third-order valence-corrected chi connectivity index (χ3v) is 4.99. The van der Waals surface area contributed by atoms with Gasteiger partial charge >= 0.3 is 12.2 Å². The Morgan fingerprint density at radius 3 is 2.42 bits per heavy atom. The number of benzene rings is 1. The minimum atomic E-state index is -0.962. The molecule has 0 spiro atoms. The Bertz CT molecular complexity index is 619. The zero-order valence-corrected chi connectivity index (χ0v) is 15.1. The number of para-hydroxylation sites is 1. The van der Waals surface area contributed by atoms with Crippen molar-refractivity contribution >= 4 is 17.9 Å². The zero-order valence-electron chi connectivity index (χ0n) is 15.1. The Morgan fingerprint density at radius 2 is 1.77 bits per heavy atom. The second-order valence-corrected chi connectivity index (χ2v) is 6.78. The largest absolute Gasteiger partial charge is 0.465 e. The maximum atomic E-state index is 12.3. The van der Waals surface area contributed by atoms with Crippen LogP contribution in [0.2, 0.25) is 0 Å². The average Bonchev–Trinajstić information content (AvgIpc) is 2.66. The van der Waals surface area contributed by atoms with Crippen molar-refractivity contribution in [2.24, 2.45) is 0 Å². The van der Waals surface area contributed by atoms with Crippen LogP contribution in [-0.2, 0) is 4.74 Å². The first-order chi connectivity index (χ1) is 12.5. The van der Waals surface area contributed by atoms with Crippen LogP contribution < -0.4 is 4.90 Å². The molecule has 2 heterocycles. The first-order valence-corrected chi connectivity index (χ1v) is 8.94. The Labute approximate surface area is 153 Å². The molecule has 0 aromatic heterocycles. The van der Waals surface area contributed by atoms with Gasteiger partial charge in [-0.2, -0.15) is 0 Å². The number of hydrogen-bond donors (Lipinski definition) is 1. The zero-order chi connectivity index (χ0) is 18.5. The fraction of sp³-hybridized carbons (Fsp3) is 0.556. The lowest BCUT2D eigenvalue weighted by Gasteiger charge is -2.39. The number of piperazine rings is 2. The molecule has 0 saturated carbocycles. The molecule has 2 aliphatic rings. The van der Waals surface area contributed by atoms with Crippen LogP contribution in [0.5, 0.6) is 0 Å². The van der Waals surface area contributed by atoms with E-state index in [1.165, 1.54) is 4.90 Å². The molecule has 2 aliphatic heterocycles. The number of carbonyl (C=O) groups is 2. The first kappa shape index (κ1) is 18.3. The minimum absolute atomic E-state index is 0.0916. The van der Waals surface area contributed by atoms with E-state index in [0.717, 1.165) is 18.8 Å². The monoisotopic (exact) mass is 362 g/mol. The van der Waals surface area contributed by atoms with Crippen LogP contribution in [0.15, 0.2) is 30.3 Å². The molecule has 2 amide bonds. The number of nitrogens with zero attached hydrogens (tertiary/aromatic N) is 4. The van der Waals surface area contributed by atoms with E-state index in [9.17, 15) is 14.7 Å². The second kappa shape index (κ2) is 8.27. The van der Waals surface area contributed by atoms with Gasteiger partial charge in [-0.25, -0.2) is 9.59 Å². The standard InChI is InChI=1S/C18H26N4O4/c1-19-7-12-22(17(23)24)16(13-19)14-26-18(25)21-10-8-20(9-11-21)15-5-3-2-4-6-15/h2-6,16H,7-14H2,1H3,(H,23,24)/t16-/m0/s1. The summed E-state index contributed by atoms with van der Waals surface area (Å²) in [7, 11) is 1.94. The lowest BCUT2D eigenvalue weighted by atomic mass is 10.2. The molecule has 0 radical (unpaired) electrons. The summed E-state index contributed by atoms with van der Waals surface area (Å²) in [5.41, 5.74) is 1.16. The molecule has 1 N–H and O–H groups in total. The molecular formula is C18H26N4O4. The molecule has 1 atom stereocenters. The van der Waals surface area contributed by atoms with Crippen LogP contribution in [0, 0.1) is 0 Å². The van der Waals surface area contributed by atoms with Crippen molar-refractivity contribution in [3.8, 4) is 0 Å². The third-order valence-electron chi connectivity index (χ3n) is 4.99. The Kier molecular flexibility index (Phi) is 5.82. The Morgan fingerprint density at radius 1 is 1.08 bits per heavy atom. The lowest BCUT2D eigenvalue weighted by molar-refractivity contribution is 0.0301. The van der Waals surface area contributed by atoms with Crippen molar-refractivity contribution < 1.29 is 19.4 Å². The van der Waals surface area contributed by atoms with Crippen molar-refractivity contribution in [3.63, 3.8) is 0 Å². The van der Waals surface area contributed by atoms with E-state index in [2.05, 4.69) is 21.9 Å². The Hall–Kier alpha value is -2.48. The van der Waals surface area contributed by atoms with Gasteiger partial charge in [0, 0.05) is 51.5 Å². The minimum Gasteiger partial charge on any atom is -0.465 e. The molecule has 2 fully saturated rings. The average molecular weight is 362 g/mol. The van der Waals surface area contributed by atoms with Gasteiger partial charge < -0.3 is 24.5 Å². The number of ether oxygens (including phenoxy) is 1. The molecule has 2 saturated heterocycles. The van der Waals surface area contributed by atoms with E-state index in [4.69, 9.17) is 4.74 Å². The van der Waals surface area contributed by atoms with E-state index >= 15 is 0 Å². The molecule has 1 aromatic carbocycles. The van der Waals surface area contributed by atoms with E-state index in [0.29, 0.717) is 32.7 Å². The maximum absolute atomic E-state index is 12.3. The van der Waals surface area contributed by atoms with Gasteiger partial charge in [-0.1, -0.05) is 18.2 Å². The fourth-order valence-electron chi connectivity index (χ4n) is 3.45. The second-order valence-electron chi connectivity index (χ2n) is 6.78.